The molecule has 0 aliphatic carbocycles. The average molecular weight is 410 g/mol. The van der Waals surface area contributed by atoms with Gasteiger partial charge in [0, 0.05) is 36.9 Å². The highest BCUT2D eigenvalue weighted by Gasteiger charge is 2.19. The van der Waals surface area contributed by atoms with Crippen LogP contribution in [0.15, 0.2) is 46.9 Å². The Morgan fingerprint density at radius 2 is 1.73 bits per heavy atom. The predicted octanol–water partition coefficient (Wildman–Crippen LogP) is 3.87. The van der Waals surface area contributed by atoms with Crippen molar-refractivity contribution in [2.75, 3.05) is 28.4 Å². The van der Waals surface area contributed by atoms with Gasteiger partial charge < -0.3 is 23.5 Å². The second-order valence-corrected chi connectivity index (χ2v) is 6.88. The number of hydrogen-bond donors (Lipinski definition) is 0. The lowest BCUT2D eigenvalue weighted by Gasteiger charge is -2.16. The molecule has 0 saturated carbocycles. The molecule has 0 spiro atoms. The Bertz CT molecular complexity index is 1000. The maximum atomic E-state index is 12.8. The van der Waals surface area contributed by atoms with E-state index < -0.39 is 0 Å². The molecule has 7 nitrogen and oxygen atoms in total. The summed E-state index contributed by atoms with van der Waals surface area (Å²) in [4.78, 5) is 18.8. The molecule has 2 aromatic heterocycles. The van der Waals surface area contributed by atoms with E-state index in [0.717, 1.165) is 17.0 Å². The van der Waals surface area contributed by atoms with Gasteiger partial charge in [-0.3, -0.25) is 9.78 Å². The third-order valence-corrected chi connectivity index (χ3v) is 4.73. The summed E-state index contributed by atoms with van der Waals surface area (Å²) in [6.07, 6.45) is 0.409. The molecule has 0 fully saturated rings. The fourth-order valence-electron chi connectivity index (χ4n) is 3.20. The van der Waals surface area contributed by atoms with E-state index in [4.69, 9.17) is 18.6 Å². The van der Waals surface area contributed by atoms with Gasteiger partial charge in [0.25, 0.3) is 5.91 Å². The predicted molar refractivity (Wildman–Crippen MR) is 112 cm³/mol. The van der Waals surface area contributed by atoms with Crippen LogP contribution in [0, 0.1) is 6.92 Å². The number of furan rings is 1. The molecule has 3 rings (SSSR count). The number of hydrogen-bond acceptors (Lipinski definition) is 6. The Hall–Kier alpha value is -3.48. The summed E-state index contributed by atoms with van der Waals surface area (Å²) in [6.45, 7) is 2.32. The molecule has 1 amide bonds. The van der Waals surface area contributed by atoms with E-state index in [-0.39, 0.29) is 11.7 Å². The molecule has 0 radical (unpaired) electrons. The van der Waals surface area contributed by atoms with E-state index in [1.54, 1.807) is 57.5 Å². The minimum Gasteiger partial charge on any atom is -0.496 e. The minimum atomic E-state index is -0.210. The summed E-state index contributed by atoms with van der Waals surface area (Å²) in [6, 6.07) is 12.8. The Kier molecular flexibility index (Phi) is 6.61. The molecular formula is C23H26N2O5. The van der Waals surface area contributed by atoms with E-state index in [1.807, 2.05) is 25.1 Å². The monoisotopic (exact) mass is 410 g/mol. The van der Waals surface area contributed by atoms with Crippen molar-refractivity contribution in [3.05, 3.63) is 70.9 Å². The van der Waals surface area contributed by atoms with Gasteiger partial charge in [0.05, 0.1) is 33.6 Å². The number of benzene rings is 1. The van der Waals surface area contributed by atoms with Crippen molar-refractivity contribution in [1.82, 2.24) is 9.88 Å². The molecule has 2 heterocycles. The van der Waals surface area contributed by atoms with Crippen LogP contribution in [0.2, 0.25) is 0 Å². The second kappa shape index (κ2) is 9.35. The summed E-state index contributed by atoms with van der Waals surface area (Å²) in [7, 11) is 6.48. The molecule has 7 heteroatoms. The van der Waals surface area contributed by atoms with Crippen molar-refractivity contribution in [2.24, 2.45) is 0 Å². The van der Waals surface area contributed by atoms with E-state index >= 15 is 0 Å². The second-order valence-electron chi connectivity index (χ2n) is 6.88. The number of methoxy groups -OCH3 is 3. The van der Waals surface area contributed by atoms with Crippen molar-refractivity contribution >= 4 is 5.91 Å². The first-order valence-corrected chi connectivity index (χ1v) is 9.50. The van der Waals surface area contributed by atoms with Crippen molar-refractivity contribution < 1.29 is 23.4 Å². The van der Waals surface area contributed by atoms with Crippen LogP contribution in [-0.2, 0) is 13.0 Å². The topological polar surface area (TPSA) is 74.0 Å². The summed E-state index contributed by atoms with van der Waals surface area (Å²) >= 11 is 0. The highest BCUT2D eigenvalue weighted by atomic mass is 16.5. The van der Waals surface area contributed by atoms with E-state index in [2.05, 4.69) is 4.98 Å². The summed E-state index contributed by atoms with van der Waals surface area (Å²) in [5.41, 5.74) is 2.55. The van der Waals surface area contributed by atoms with Gasteiger partial charge in [-0.05, 0) is 31.2 Å². The van der Waals surface area contributed by atoms with Crippen LogP contribution in [0.1, 0.15) is 33.3 Å². The highest BCUT2D eigenvalue weighted by Crippen LogP contribution is 2.35. The van der Waals surface area contributed by atoms with Crippen LogP contribution in [0.3, 0.4) is 0 Å². The van der Waals surface area contributed by atoms with Crippen LogP contribution in [0.5, 0.6) is 17.2 Å². The molecule has 0 atom stereocenters. The van der Waals surface area contributed by atoms with E-state index in [0.29, 0.717) is 36.0 Å². The van der Waals surface area contributed by atoms with Crippen LogP contribution in [-0.4, -0.2) is 44.2 Å². The number of carbonyl (C=O) groups excluding carboxylic acids is 1. The van der Waals surface area contributed by atoms with Crippen LogP contribution in [0.25, 0.3) is 0 Å². The maximum Gasteiger partial charge on any atom is 0.289 e. The minimum absolute atomic E-state index is 0.210. The lowest BCUT2D eigenvalue weighted by atomic mass is 10.1. The molecule has 0 saturated heterocycles. The molecule has 0 aliphatic rings. The van der Waals surface area contributed by atoms with Crippen molar-refractivity contribution in [3.63, 3.8) is 0 Å². The molecule has 30 heavy (non-hydrogen) atoms. The largest absolute Gasteiger partial charge is 0.496 e. The molecule has 1 aromatic carbocycles. The lowest BCUT2D eigenvalue weighted by Crippen LogP contribution is -2.26. The maximum absolute atomic E-state index is 12.8. The van der Waals surface area contributed by atoms with Gasteiger partial charge in [-0.15, -0.1) is 0 Å². The number of rotatable bonds is 8. The lowest BCUT2D eigenvalue weighted by molar-refractivity contribution is 0.0750. The normalized spacial score (nSPS) is 10.6. The van der Waals surface area contributed by atoms with Crippen molar-refractivity contribution in [2.45, 2.75) is 19.9 Å². The SMILES string of the molecule is COc1cc(OC)c(Cc2ccc(C(=O)N(C)Cc3cccc(C)n3)o2)c(OC)c1. The molecule has 0 unspecified atom stereocenters. The van der Waals surface area contributed by atoms with Gasteiger partial charge in [-0.1, -0.05) is 6.07 Å². The quantitative estimate of drug-likeness (QED) is 0.561. The Balaban J connectivity index is 1.77. The number of amides is 1. The van der Waals surface area contributed by atoms with Crippen LogP contribution < -0.4 is 14.2 Å². The molecule has 0 N–H and O–H groups in total. The number of ether oxygens (including phenoxy) is 3. The summed E-state index contributed by atoms with van der Waals surface area (Å²) < 4.78 is 22.1. The molecular weight excluding hydrogens is 384 g/mol. The van der Waals surface area contributed by atoms with Crippen LogP contribution in [0.4, 0.5) is 0 Å². The van der Waals surface area contributed by atoms with Crippen LogP contribution >= 0.6 is 0 Å². The van der Waals surface area contributed by atoms with Gasteiger partial charge in [0.2, 0.25) is 0 Å². The Morgan fingerprint density at radius 3 is 2.33 bits per heavy atom. The Morgan fingerprint density at radius 1 is 1.03 bits per heavy atom. The first kappa shape index (κ1) is 21.2. The van der Waals surface area contributed by atoms with Gasteiger partial charge >= 0.3 is 0 Å². The number of nitrogens with zero attached hydrogens (tertiary/aromatic N) is 2. The third-order valence-electron chi connectivity index (χ3n) is 4.73. The Labute approximate surface area is 176 Å². The molecule has 0 aliphatic heterocycles. The van der Waals surface area contributed by atoms with Crippen molar-refractivity contribution in [3.8, 4) is 17.2 Å². The number of aryl methyl sites for hydroxylation is 1. The number of aromatic nitrogens is 1. The van der Waals surface area contributed by atoms with Gasteiger partial charge in [0.1, 0.15) is 23.0 Å². The van der Waals surface area contributed by atoms with Gasteiger partial charge in [0.15, 0.2) is 5.76 Å². The first-order chi connectivity index (χ1) is 14.4. The number of carbonyl (C=O) groups is 1. The highest BCUT2D eigenvalue weighted by molar-refractivity contribution is 5.91. The zero-order chi connectivity index (χ0) is 21.7. The van der Waals surface area contributed by atoms with E-state index in [1.165, 1.54) is 0 Å². The molecule has 0 bridgehead atoms. The van der Waals surface area contributed by atoms with E-state index in [9.17, 15) is 4.79 Å². The summed E-state index contributed by atoms with van der Waals surface area (Å²) in [5, 5.41) is 0. The smallest absolute Gasteiger partial charge is 0.289 e. The van der Waals surface area contributed by atoms with Gasteiger partial charge in [-0.2, -0.15) is 0 Å². The third kappa shape index (κ3) is 4.74. The zero-order valence-electron chi connectivity index (χ0n) is 17.9. The fraction of sp³-hybridized carbons (Fsp3) is 0.304. The summed E-state index contributed by atoms with van der Waals surface area (Å²) in [5.74, 6) is 2.57. The average Bonchev–Trinajstić information content (AvgIpc) is 3.21. The van der Waals surface area contributed by atoms with Crippen molar-refractivity contribution in [1.29, 1.82) is 0 Å². The fourth-order valence-corrected chi connectivity index (χ4v) is 3.20. The molecule has 3 aromatic rings. The van der Waals surface area contributed by atoms with Gasteiger partial charge in [-0.25, -0.2) is 0 Å². The molecule has 158 valence electrons. The number of pyridine rings is 1. The standard InChI is InChI=1S/C23H26N2O5/c1-15-7-6-8-16(24-15)14-25(2)23(26)20-10-9-17(30-20)11-19-21(28-4)12-18(27-3)13-22(19)29-5/h6-10,12-13H,11,14H2,1-5H3. The zero-order valence-corrected chi connectivity index (χ0v) is 17.9. The first-order valence-electron chi connectivity index (χ1n) is 9.50.